The minimum Gasteiger partial charge on any atom is -0.478 e. The van der Waals surface area contributed by atoms with Gasteiger partial charge in [0, 0.05) is 11.6 Å². The summed E-state index contributed by atoms with van der Waals surface area (Å²) in [4.78, 5) is 43.0. The second kappa shape index (κ2) is 10.3. The fraction of sp³-hybridized carbons (Fsp3) is 0.172. The summed E-state index contributed by atoms with van der Waals surface area (Å²) in [6.45, 7) is 5.21. The van der Waals surface area contributed by atoms with Crippen LogP contribution in [-0.2, 0) is 9.53 Å². The number of furan rings is 1. The number of hydrogen-bond donors (Lipinski definition) is 1. The maximum atomic E-state index is 13.7. The second-order valence-electron chi connectivity index (χ2n) is 8.84. The highest BCUT2D eigenvalue weighted by Crippen LogP contribution is 2.31. The van der Waals surface area contributed by atoms with Crippen LogP contribution in [0.25, 0.3) is 17.4 Å². The maximum absolute atomic E-state index is 13.7. The summed E-state index contributed by atoms with van der Waals surface area (Å²) in [5.41, 5.74) is 2.11. The Morgan fingerprint density at radius 2 is 1.90 bits per heavy atom. The van der Waals surface area contributed by atoms with E-state index in [0.717, 1.165) is 11.3 Å². The van der Waals surface area contributed by atoms with Gasteiger partial charge in [0.2, 0.25) is 0 Å². The number of allylic oxidation sites excluding steroid dienone is 1. The summed E-state index contributed by atoms with van der Waals surface area (Å²) in [5, 5.41) is 9.43. The number of halogens is 1. The number of aromatic carboxylic acids is 1. The Morgan fingerprint density at radius 1 is 1.15 bits per heavy atom. The smallest absolute Gasteiger partial charge is 0.338 e. The molecule has 2 aromatic heterocycles. The average molecular weight is 547 g/mol. The van der Waals surface area contributed by atoms with Crippen LogP contribution in [0.4, 0.5) is 4.39 Å². The van der Waals surface area contributed by atoms with Crippen LogP contribution < -0.4 is 14.9 Å². The van der Waals surface area contributed by atoms with Crippen molar-refractivity contribution < 1.29 is 28.2 Å². The van der Waals surface area contributed by atoms with Crippen LogP contribution in [0.3, 0.4) is 0 Å². The molecule has 3 heterocycles. The number of carbonyl (C=O) groups is 2. The van der Waals surface area contributed by atoms with Gasteiger partial charge in [-0.3, -0.25) is 9.36 Å². The molecule has 0 saturated heterocycles. The Morgan fingerprint density at radius 3 is 2.59 bits per heavy atom. The molecule has 0 spiro atoms. The number of esters is 1. The monoisotopic (exact) mass is 546 g/mol. The lowest BCUT2D eigenvalue weighted by atomic mass is 9.96. The number of ether oxygens (including phenoxy) is 1. The molecule has 0 radical (unpaired) electrons. The number of aromatic nitrogens is 1. The van der Waals surface area contributed by atoms with Crippen LogP contribution in [-0.4, -0.2) is 28.2 Å². The normalized spacial score (nSPS) is 15.2. The van der Waals surface area contributed by atoms with Gasteiger partial charge in [0.25, 0.3) is 5.56 Å². The molecule has 198 valence electrons. The Kier molecular flexibility index (Phi) is 6.88. The molecule has 10 heteroatoms. The van der Waals surface area contributed by atoms with Crippen molar-refractivity contribution >= 4 is 29.4 Å². The number of carboxylic acid groups (broad SMARTS) is 1. The maximum Gasteiger partial charge on any atom is 0.338 e. The highest BCUT2D eigenvalue weighted by molar-refractivity contribution is 7.07. The van der Waals surface area contributed by atoms with Gasteiger partial charge in [0.1, 0.15) is 17.3 Å². The fourth-order valence-corrected chi connectivity index (χ4v) is 5.62. The van der Waals surface area contributed by atoms with E-state index in [-0.39, 0.29) is 17.7 Å². The molecule has 0 fully saturated rings. The summed E-state index contributed by atoms with van der Waals surface area (Å²) in [6, 6.07) is 13.1. The van der Waals surface area contributed by atoms with Gasteiger partial charge in [-0.15, -0.1) is 0 Å². The average Bonchev–Trinajstić information content (AvgIpc) is 3.48. The molecule has 1 aliphatic rings. The van der Waals surface area contributed by atoms with Crippen molar-refractivity contribution in [3.8, 4) is 11.3 Å². The van der Waals surface area contributed by atoms with Crippen molar-refractivity contribution in [2.45, 2.75) is 26.8 Å². The molecule has 8 nitrogen and oxygen atoms in total. The van der Waals surface area contributed by atoms with Gasteiger partial charge in [-0.1, -0.05) is 35.6 Å². The Balaban J connectivity index is 1.63. The third-order valence-electron chi connectivity index (χ3n) is 6.43. The first-order valence-corrected chi connectivity index (χ1v) is 12.9. The van der Waals surface area contributed by atoms with Crippen molar-refractivity contribution in [3.05, 3.63) is 114 Å². The number of rotatable bonds is 6. The Labute approximate surface area is 225 Å². The van der Waals surface area contributed by atoms with Crippen molar-refractivity contribution in [1.82, 2.24) is 4.57 Å². The lowest BCUT2D eigenvalue weighted by Gasteiger charge is -2.24. The van der Waals surface area contributed by atoms with Crippen molar-refractivity contribution in [3.63, 3.8) is 0 Å². The number of hydrogen-bond acceptors (Lipinski definition) is 7. The first-order chi connectivity index (χ1) is 18.7. The minimum atomic E-state index is -1.03. The highest BCUT2D eigenvalue weighted by atomic mass is 32.1. The third-order valence-corrected chi connectivity index (χ3v) is 7.42. The molecule has 1 atom stereocenters. The first kappa shape index (κ1) is 26.1. The van der Waals surface area contributed by atoms with E-state index < -0.39 is 29.4 Å². The number of fused-ring (bicyclic) bond motifs is 1. The zero-order valence-corrected chi connectivity index (χ0v) is 22.0. The van der Waals surface area contributed by atoms with Gasteiger partial charge < -0.3 is 14.3 Å². The molecule has 0 aliphatic carbocycles. The zero-order valence-electron chi connectivity index (χ0n) is 21.2. The minimum absolute atomic E-state index is 0.145. The van der Waals surface area contributed by atoms with E-state index in [2.05, 4.69) is 4.99 Å². The molecule has 39 heavy (non-hydrogen) atoms. The molecule has 1 N–H and O–H groups in total. The molecular weight excluding hydrogens is 523 g/mol. The first-order valence-electron chi connectivity index (χ1n) is 12.1. The molecular formula is C29H23FN2O6S. The van der Waals surface area contributed by atoms with Crippen LogP contribution in [0.5, 0.6) is 0 Å². The molecule has 0 saturated carbocycles. The van der Waals surface area contributed by atoms with Gasteiger partial charge in [0.15, 0.2) is 4.80 Å². The predicted octanol–water partition coefficient (Wildman–Crippen LogP) is 4.20. The van der Waals surface area contributed by atoms with Gasteiger partial charge in [-0.2, -0.15) is 0 Å². The quantitative estimate of drug-likeness (QED) is 0.363. The van der Waals surface area contributed by atoms with Crippen LogP contribution in [0.15, 0.2) is 80.1 Å². The van der Waals surface area contributed by atoms with Gasteiger partial charge >= 0.3 is 11.9 Å². The summed E-state index contributed by atoms with van der Waals surface area (Å²) in [7, 11) is 0. The van der Waals surface area contributed by atoms with E-state index in [9.17, 15) is 23.9 Å². The van der Waals surface area contributed by atoms with Crippen molar-refractivity contribution in [2.24, 2.45) is 4.99 Å². The van der Waals surface area contributed by atoms with E-state index in [1.165, 1.54) is 34.9 Å². The molecule has 4 aromatic rings. The third kappa shape index (κ3) is 4.74. The van der Waals surface area contributed by atoms with Gasteiger partial charge in [-0.25, -0.2) is 19.0 Å². The van der Waals surface area contributed by atoms with Crippen molar-refractivity contribution in [2.75, 3.05) is 6.61 Å². The zero-order chi connectivity index (χ0) is 27.8. The molecule has 0 bridgehead atoms. The van der Waals surface area contributed by atoms with E-state index >= 15 is 0 Å². The SMILES string of the molecule is CCOC(=O)C1=C(C)N=c2sc(=Cc3ccc(-c4cccc(C(=O)O)c4C)o3)c(=O)n2[C@H]1c1ccc(F)cc1. The molecule has 2 aromatic carbocycles. The van der Waals surface area contributed by atoms with Crippen molar-refractivity contribution in [1.29, 1.82) is 0 Å². The Bertz CT molecular complexity index is 1830. The number of nitrogens with zero attached hydrogens (tertiary/aromatic N) is 2. The van der Waals surface area contributed by atoms with E-state index in [1.807, 2.05) is 0 Å². The van der Waals surface area contributed by atoms with Crippen LogP contribution in [0.2, 0.25) is 0 Å². The van der Waals surface area contributed by atoms with E-state index in [4.69, 9.17) is 9.15 Å². The van der Waals surface area contributed by atoms with Crippen LogP contribution in [0, 0.1) is 12.7 Å². The molecule has 0 amide bonds. The largest absolute Gasteiger partial charge is 0.478 e. The van der Waals surface area contributed by atoms with Crippen LogP contribution >= 0.6 is 11.3 Å². The lowest BCUT2D eigenvalue weighted by molar-refractivity contribution is -0.139. The topological polar surface area (TPSA) is 111 Å². The summed E-state index contributed by atoms with van der Waals surface area (Å²) >= 11 is 1.13. The number of carboxylic acids is 1. The number of carbonyl (C=O) groups excluding carboxylic acids is 1. The summed E-state index contributed by atoms with van der Waals surface area (Å²) < 4.78 is 26.7. The second-order valence-corrected chi connectivity index (χ2v) is 9.85. The molecule has 1 aliphatic heterocycles. The van der Waals surface area contributed by atoms with Gasteiger partial charge in [0.05, 0.1) is 34.0 Å². The Hall–Kier alpha value is -4.57. The molecule has 5 rings (SSSR count). The summed E-state index contributed by atoms with van der Waals surface area (Å²) in [6.07, 6.45) is 1.58. The van der Waals surface area contributed by atoms with Crippen LogP contribution in [0.1, 0.15) is 47.1 Å². The number of thiazole rings is 1. The molecule has 0 unspecified atom stereocenters. The summed E-state index contributed by atoms with van der Waals surface area (Å²) in [5.74, 6) is -1.23. The van der Waals surface area contributed by atoms with Gasteiger partial charge in [-0.05, 0) is 62.2 Å². The van der Waals surface area contributed by atoms with E-state index in [1.54, 1.807) is 51.1 Å². The standard InChI is InChI=1S/C29H23FN2O6S/c1-4-37-28(36)24-16(3)31-29-32(25(24)17-8-10-18(30)11-9-17)26(33)23(39-29)14-19-12-13-22(38-19)20-6-5-7-21(15(20)2)27(34)35/h5-14,25H,4H2,1-3H3,(H,34,35)/t25-/m0/s1. The fourth-order valence-electron chi connectivity index (χ4n) is 4.59. The highest BCUT2D eigenvalue weighted by Gasteiger charge is 2.33. The lowest BCUT2D eigenvalue weighted by Crippen LogP contribution is -2.39. The number of benzene rings is 2. The van der Waals surface area contributed by atoms with E-state index in [0.29, 0.717) is 43.2 Å². The predicted molar refractivity (Wildman–Crippen MR) is 143 cm³/mol.